The van der Waals surface area contributed by atoms with E-state index in [2.05, 4.69) is 14.8 Å². The third kappa shape index (κ3) is 4.10. The molecule has 1 aliphatic rings. The number of phenolic OH excluding ortho intramolecular Hbond substituents is 1. The van der Waals surface area contributed by atoms with Crippen LogP contribution in [0.3, 0.4) is 0 Å². The molecule has 8 heteroatoms. The lowest BCUT2D eigenvalue weighted by Crippen LogP contribution is -2.19. The van der Waals surface area contributed by atoms with E-state index in [1.54, 1.807) is 0 Å². The molecule has 0 saturated carbocycles. The molecule has 1 aliphatic carbocycles. The number of fused-ring (bicyclic) bond motifs is 3. The number of hydrogen-bond donors (Lipinski definition) is 2. The molecule has 0 spiro atoms. The quantitative estimate of drug-likeness (QED) is 0.340. The summed E-state index contributed by atoms with van der Waals surface area (Å²) in [7, 11) is 2.26. The van der Waals surface area contributed by atoms with Gasteiger partial charge >= 0.3 is 18.0 Å². The summed E-state index contributed by atoms with van der Waals surface area (Å²) in [6.07, 6.45) is -0.783. The number of hydrogen-bond acceptors (Lipinski definition) is 7. The molecule has 0 unspecified atom stereocenters. The monoisotopic (exact) mass is 447 g/mol. The number of aromatic hydroxyl groups is 1. The molecule has 0 fully saturated rings. The van der Waals surface area contributed by atoms with E-state index in [1.165, 1.54) is 12.1 Å². The molecule has 3 aromatic rings. The number of rotatable bonds is 5. The Labute approximate surface area is 189 Å². The van der Waals surface area contributed by atoms with Crippen LogP contribution in [-0.4, -0.2) is 44.0 Å². The maximum atomic E-state index is 12.6. The Morgan fingerprint density at radius 2 is 1.33 bits per heavy atom. The summed E-state index contributed by atoms with van der Waals surface area (Å²) in [4.78, 5) is 36.5. The highest BCUT2D eigenvalue weighted by molar-refractivity contribution is 6.02. The molecular weight excluding hydrogens is 426 g/mol. The summed E-state index contributed by atoms with van der Waals surface area (Å²) in [6, 6.07) is 18.3. The number of methoxy groups -OCH3 is 2. The van der Waals surface area contributed by atoms with Crippen LogP contribution in [0.1, 0.15) is 37.8 Å². The number of carbonyl (C=O) groups excluding carboxylic acids is 3. The average Bonchev–Trinajstić information content (AvgIpc) is 3.16. The first-order chi connectivity index (χ1) is 15.9. The van der Waals surface area contributed by atoms with Gasteiger partial charge in [0.15, 0.2) is 0 Å². The van der Waals surface area contributed by atoms with Crippen molar-refractivity contribution in [2.45, 2.75) is 5.92 Å². The molecule has 3 aromatic carbocycles. The molecule has 0 atom stereocenters. The molecule has 1 amide bonds. The number of ether oxygens (including phenoxy) is 3. The van der Waals surface area contributed by atoms with Gasteiger partial charge in [-0.15, -0.1) is 0 Å². The number of phenols is 1. The Morgan fingerprint density at radius 3 is 1.82 bits per heavy atom. The Bertz CT molecular complexity index is 1170. The van der Waals surface area contributed by atoms with Gasteiger partial charge in [-0.3, -0.25) is 5.32 Å². The van der Waals surface area contributed by atoms with E-state index in [9.17, 15) is 19.5 Å². The summed E-state index contributed by atoms with van der Waals surface area (Å²) in [5.74, 6) is -2.49. The standard InChI is InChI=1S/C25H21NO7/c1-31-23(28)19-11-14(12-20(22(19)27)24(29)32-2)26-25(30)33-13-21-17-9-5-3-7-15(17)16-8-4-6-10-18(16)21/h3-12,21,27H,13H2,1-2H3,(H,26,30). The van der Waals surface area contributed by atoms with Crippen LogP contribution in [0.25, 0.3) is 11.1 Å². The van der Waals surface area contributed by atoms with Gasteiger partial charge in [-0.2, -0.15) is 0 Å². The topological polar surface area (TPSA) is 111 Å². The van der Waals surface area contributed by atoms with Crippen LogP contribution < -0.4 is 5.32 Å². The van der Waals surface area contributed by atoms with Crippen LogP contribution in [-0.2, 0) is 14.2 Å². The lowest BCUT2D eigenvalue weighted by Gasteiger charge is -2.15. The van der Waals surface area contributed by atoms with Gasteiger partial charge in [0.05, 0.1) is 14.2 Å². The molecule has 0 aliphatic heterocycles. The number of nitrogens with one attached hydrogen (secondary N) is 1. The van der Waals surface area contributed by atoms with Gasteiger partial charge in [-0.1, -0.05) is 48.5 Å². The lowest BCUT2D eigenvalue weighted by molar-refractivity contribution is 0.0592. The highest BCUT2D eigenvalue weighted by atomic mass is 16.5. The number of anilines is 1. The van der Waals surface area contributed by atoms with E-state index in [0.29, 0.717) is 0 Å². The molecule has 0 aromatic heterocycles. The fraction of sp³-hybridized carbons (Fsp3) is 0.160. The minimum Gasteiger partial charge on any atom is -0.506 e. The van der Waals surface area contributed by atoms with Gasteiger partial charge in [-0.05, 0) is 34.4 Å². The van der Waals surface area contributed by atoms with Crippen molar-refractivity contribution in [1.82, 2.24) is 0 Å². The van der Waals surface area contributed by atoms with Gasteiger partial charge < -0.3 is 19.3 Å². The summed E-state index contributed by atoms with van der Waals surface area (Å²) < 4.78 is 14.7. The minimum atomic E-state index is -0.881. The van der Waals surface area contributed by atoms with Gasteiger partial charge in [-0.25, -0.2) is 14.4 Å². The second kappa shape index (κ2) is 9.04. The normalized spacial score (nSPS) is 11.8. The summed E-state index contributed by atoms with van der Waals surface area (Å²) in [5, 5.41) is 12.7. The molecule has 0 heterocycles. The summed E-state index contributed by atoms with van der Waals surface area (Å²) in [6.45, 7) is 0.0889. The van der Waals surface area contributed by atoms with Crippen molar-refractivity contribution in [3.63, 3.8) is 0 Å². The Hall–Kier alpha value is -4.33. The van der Waals surface area contributed by atoms with Gasteiger partial charge in [0, 0.05) is 11.6 Å². The highest BCUT2D eigenvalue weighted by Crippen LogP contribution is 2.44. The largest absolute Gasteiger partial charge is 0.506 e. The third-order valence-electron chi connectivity index (χ3n) is 5.51. The molecule has 8 nitrogen and oxygen atoms in total. The Kier molecular flexibility index (Phi) is 5.99. The fourth-order valence-electron chi connectivity index (χ4n) is 3.99. The van der Waals surface area contributed by atoms with Crippen molar-refractivity contribution in [1.29, 1.82) is 0 Å². The second-order valence-corrected chi connectivity index (χ2v) is 7.35. The van der Waals surface area contributed by atoms with Gasteiger partial charge in [0.2, 0.25) is 0 Å². The Balaban J connectivity index is 1.54. The maximum absolute atomic E-state index is 12.6. The van der Waals surface area contributed by atoms with Crippen LogP contribution in [0.4, 0.5) is 10.5 Å². The predicted molar refractivity (Wildman–Crippen MR) is 119 cm³/mol. The Morgan fingerprint density at radius 1 is 0.848 bits per heavy atom. The zero-order valence-electron chi connectivity index (χ0n) is 18.0. The number of benzene rings is 3. The number of carbonyl (C=O) groups is 3. The predicted octanol–water partition coefficient (Wildman–Crippen LogP) is 4.33. The van der Waals surface area contributed by atoms with Crippen molar-refractivity contribution in [3.8, 4) is 16.9 Å². The molecule has 33 heavy (non-hydrogen) atoms. The smallest absolute Gasteiger partial charge is 0.411 e. The molecule has 0 radical (unpaired) electrons. The van der Waals surface area contributed by atoms with Crippen molar-refractivity contribution in [2.24, 2.45) is 0 Å². The van der Waals surface area contributed by atoms with Crippen LogP contribution >= 0.6 is 0 Å². The minimum absolute atomic E-state index is 0.0609. The van der Waals surface area contributed by atoms with Crippen LogP contribution in [0, 0.1) is 0 Å². The first-order valence-electron chi connectivity index (χ1n) is 10.1. The number of esters is 2. The summed E-state index contributed by atoms with van der Waals surface area (Å²) in [5.41, 5.74) is 3.81. The van der Waals surface area contributed by atoms with Crippen molar-refractivity contribution in [2.75, 3.05) is 26.1 Å². The van der Waals surface area contributed by atoms with E-state index in [0.717, 1.165) is 36.5 Å². The molecule has 4 rings (SSSR count). The molecule has 168 valence electrons. The number of amides is 1. The van der Waals surface area contributed by atoms with E-state index in [1.807, 2.05) is 48.5 Å². The molecule has 2 N–H and O–H groups in total. The van der Waals surface area contributed by atoms with Crippen LogP contribution in [0.5, 0.6) is 5.75 Å². The zero-order valence-corrected chi connectivity index (χ0v) is 18.0. The molecule has 0 bridgehead atoms. The van der Waals surface area contributed by atoms with Crippen LogP contribution in [0.15, 0.2) is 60.7 Å². The van der Waals surface area contributed by atoms with Crippen LogP contribution in [0.2, 0.25) is 0 Å². The van der Waals surface area contributed by atoms with E-state index >= 15 is 0 Å². The molecular formula is C25H21NO7. The van der Waals surface area contributed by atoms with E-state index in [4.69, 9.17) is 4.74 Å². The first kappa shape index (κ1) is 21.9. The average molecular weight is 447 g/mol. The molecule has 0 saturated heterocycles. The first-order valence-corrected chi connectivity index (χ1v) is 10.1. The zero-order chi connectivity index (χ0) is 23.5. The SMILES string of the molecule is COC(=O)c1cc(NC(=O)OCC2c3ccccc3-c3ccccc32)cc(C(=O)OC)c1O. The van der Waals surface area contributed by atoms with E-state index < -0.39 is 23.8 Å². The van der Waals surface area contributed by atoms with Gasteiger partial charge in [0.1, 0.15) is 23.5 Å². The lowest BCUT2D eigenvalue weighted by atomic mass is 9.98. The van der Waals surface area contributed by atoms with E-state index in [-0.39, 0.29) is 29.3 Å². The summed E-state index contributed by atoms with van der Waals surface area (Å²) >= 11 is 0. The van der Waals surface area contributed by atoms with Crippen molar-refractivity contribution >= 4 is 23.7 Å². The fourth-order valence-corrected chi connectivity index (χ4v) is 3.99. The third-order valence-corrected chi connectivity index (χ3v) is 5.51. The highest BCUT2D eigenvalue weighted by Gasteiger charge is 2.29. The van der Waals surface area contributed by atoms with Crippen molar-refractivity contribution in [3.05, 3.63) is 82.9 Å². The van der Waals surface area contributed by atoms with Gasteiger partial charge in [0.25, 0.3) is 0 Å². The second-order valence-electron chi connectivity index (χ2n) is 7.35. The maximum Gasteiger partial charge on any atom is 0.411 e. The van der Waals surface area contributed by atoms with Crippen molar-refractivity contribution < 1.29 is 33.7 Å².